The number of hydrogen-bond donors (Lipinski definition) is 2. The molecule has 0 unspecified atom stereocenters. The molecule has 4 nitrogen and oxygen atoms in total. The molecule has 0 heterocycles. The van der Waals surface area contributed by atoms with Crippen LogP contribution in [0.15, 0.2) is 36.4 Å². The van der Waals surface area contributed by atoms with Crippen LogP contribution in [0.3, 0.4) is 0 Å². The van der Waals surface area contributed by atoms with Gasteiger partial charge in [0, 0.05) is 17.2 Å². The van der Waals surface area contributed by atoms with Crippen molar-refractivity contribution in [3.63, 3.8) is 0 Å². The Morgan fingerprint density at radius 3 is 2.36 bits per heavy atom. The smallest absolute Gasteiger partial charge is 0.306 e. The maximum absolute atomic E-state index is 14.4. The third-order valence-corrected chi connectivity index (χ3v) is 4.53. The zero-order valence-electron chi connectivity index (χ0n) is 13.6. The number of benzene rings is 2. The Hall–Kier alpha value is -2.76. The van der Waals surface area contributed by atoms with Crippen LogP contribution in [-0.2, 0) is 4.79 Å². The highest BCUT2D eigenvalue weighted by atomic mass is 19.1. The number of halogens is 2. The topological polar surface area (TPSA) is 66.4 Å². The Morgan fingerprint density at radius 2 is 1.76 bits per heavy atom. The van der Waals surface area contributed by atoms with Crippen molar-refractivity contribution in [2.45, 2.75) is 25.8 Å². The van der Waals surface area contributed by atoms with Crippen molar-refractivity contribution in [2.75, 3.05) is 0 Å². The standard InChI is InChI=1S/C19H17F2NO3/c1-10-6-13(20)3-5-15(10)16-4-2-11(9-17(16)21)18(23)22-14-7-12(8-14)19(24)25/h2-6,9,12,14H,7-8H2,1H3,(H,22,23)(H,24,25). The van der Waals surface area contributed by atoms with Gasteiger partial charge in [-0.25, -0.2) is 8.78 Å². The van der Waals surface area contributed by atoms with Gasteiger partial charge in [-0.1, -0.05) is 12.1 Å². The largest absolute Gasteiger partial charge is 0.481 e. The van der Waals surface area contributed by atoms with Crippen molar-refractivity contribution in [3.05, 3.63) is 59.2 Å². The van der Waals surface area contributed by atoms with E-state index in [1.165, 1.54) is 30.3 Å². The molecule has 1 aliphatic carbocycles. The van der Waals surface area contributed by atoms with Gasteiger partial charge in [0.2, 0.25) is 0 Å². The number of amides is 1. The highest BCUT2D eigenvalue weighted by molar-refractivity contribution is 5.95. The lowest BCUT2D eigenvalue weighted by Gasteiger charge is -2.32. The third-order valence-electron chi connectivity index (χ3n) is 4.53. The molecule has 0 saturated heterocycles. The second kappa shape index (κ2) is 6.63. The average Bonchev–Trinajstić information content (AvgIpc) is 2.50. The summed E-state index contributed by atoms with van der Waals surface area (Å²) >= 11 is 0. The Balaban J connectivity index is 1.73. The Bertz CT molecular complexity index is 845. The Morgan fingerprint density at radius 1 is 1.08 bits per heavy atom. The van der Waals surface area contributed by atoms with Crippen LogP contribution in [0.1, 0.15) is 28.8 Å². The predicted octanol–water partition coefficient (Wildman–Crippen LogP) is 3.53. The third kappa shape index (κ3) is 3.52. The Labute approximate surface area is 143 Å². The first-order valence-electron chi connectivity index (χ1n) is 7.95. The van der Waals surface area contributed by atoms with Crippen molar-refractivity contribution in [2.24, 2.45) is 5.92 Å². The predicted molar refractivity (Wildman–Crippen MR) is 88.1 cm³/mol. The summed E-state index contributed by atoms with van der Waals surface area (Å²) in [6.07, 6.45) is 0.771. The minimum atomic E-state index is -0.865. The number of carboxylic acid groups (broad SMARTS) is 1. The fraction of sp³-hybridized carbons (Fsp3) is 0.263. The summed E-state index contributed by atoms with van der Waals surface area (Å²) in [5, 5.41) is 11.5. The first kappa shape index (κ1) is 17.1. The van der Waals surface area contributed by atoms with Gasteiger partial charge in [-0.05, 0) is 55.2 Å². The summed E-state index contributed by atoms with van der Waals surface area (Å²) in [5.74, 6) is -2.69. The van der Waals surface area contributed by atoms with Crippen LogP contribution in [0.4, 0.5) is 8.78 Å². The van der Waals surface area contributed by atoms with Gasteiger partial charge in [0.25, 0.3) is 5.91 Å². The molecular formula is C19H17F2NO3. The van der Waals surface area contributed by atoms with Gasteiger partial charge in [0.05, 0.1) is 5.92 Å². The summed E-state index contributed by atoms with van der Waals surface area (Å²) in [5.41, 5.74) is 1.63. The molecule has 1 aliphatic rings. The number of aryl methyl sites for hydroxylation is 1. The highest BCUT2D eigenvalue weighted by Gasteiger charge is 2.35. The molecule has 1 amide bonds. The SMILES string of the molecule is Cc1cc(F)ccc1-c1ccc(C(=O)NC2CC(C(=O)O)C2)cc1F. The zero-order chi connectivity index (χ0) is 18.1. The van der Waals surface area contributed by atoms with Crippen molar-refractivity contribution in [1.82, 2.24) is 5.32 Å². The van der Waals surface area contributed by atoms with Gasteiger partial charge in [-0.3, -0.25) is 9.59 Å². The van der Waals surface area contributed by atoms with E-state index in [1.807, 2.05) is 0 Å². The first-order chi connectivity index (χ1) is 11.8. The molecule has 130 valence electrons. The lowest BCUT2D eigenvalue weighted by Crippen LogP contribution is -2.46. The van der Waals surface area contributed by atoms with Crippen LogP contribution in [0.25, 0.3) is 11.1 Å². The molecule has 2 N–H and O–H groups in total. The van der Waals surface area contributed by atoms with Gasteiger partial charge in [-0.15, -0.1) is 0 Å². The van der Waals surface area contributed by atoms with E-state index in [1.54, 1.807) is 6.92 Å². The van der Waals surface area contributed by atoms with Gasteiger partial charge in [0.1, 0.15) is 11.6 Å². The van der Waals surface area contributed by atoms with E-state index in [0.29, 0.717) is 29.5 Å². The number of rotatable bonds is 4. The summed E-state index contributed by atoms with van der Waals surface area (Å²) < 4.78 is 27.6. The maximum Gasteiger partial charge on any atom is 0.306 e. The van der Waals surface area contributed by atoms with Crippen molar-refractivity contribution in [3.8, 4) is 11.1 Å². The fourth-order valence-corrected chi connectivity index (χ4v) is 3.01. The minimum absolute atomic E-state index is 0.166. The minimum Gasteiger partial charge on any atom is -0.481 e. The number of aliphatic carboxylic acids is 1. The van der Waals surface area contributed by atoms with E-state index >= 15 is 0 Å². The van der Waals surface area contributed by atoms with Crippen molar-refractivity contribution >= 4 is 11.9 Å². The van der Waals surface area contributed by atoms with Gasteiger partial charge >= 0.3 is 5.97 Å². The van der Waals surface area contributed by atoms with E-state index in [-0.39, 0.29) is 11.6 Å². The molecule has 6 heteroatoms. The number of carbonyl (C=O) groups is 2. The molecule has 1 fully saturated rings. The molecule has 1 saturated carbocycles. The van der Waals surface area contributed by atoms with E-state index in [2.05, 4.69) is 5.32 Å². The second-order valence-electron chi connectivity index (χ2n) is 6.33. The maximum atomic E-state index is 14.4. The van der Waals surface area contributed by atoms with Gasteiger partial charge in [-0.2, -0.15) is 0 Å². The van der Waals surface area contributed by atoms with Crippen LogP contribution in [0, 0.1) is 24.5 Å². The van der Waals surface area contributed by atoms with Crippen molar-refractivity contribution in [1.29, 1.82) is 0 Å². The van der Waals surface area contributed by atoms with Crippen LogP contribution in [-0.4, -0.2) is 23.0 Å². The van der Waals surface area contributed by atoms with Gasteiger partial charge in [0.15, 0.2) is 0 Å². The number of hydrogen-bond acceptors (Lipinski definition) is 2. The summed E-state index contributed by atoms with van der Waals surface area (Å²) in [6.45, 7) is 1.69. The van der Waals surface area contributed by atoms with Crippen molar-refractivity contribution < 1.29 is 23.5 Å². The molecule has 0 aliphatic heterocycles. The lowest BCUT2D eigenvalue weighted by molar-refractivity contribution is -0.145. The molecule has 0 aromatic heterocycles. The molecule has 25 heavy (non-hydrogen) atoms. The number of nitrogens with one attached hydrogen (secondary N) is 1. The lowest BCUT2D eigenvalue weighted by atomic mass is 9.80. The molecule has 0 radical (unpaired) electrons. The van der Waals surface area contributed by atoms with E-state index in [0.717, 1.165) is 6.07 Å². The highest BCUT2D eigenvalue weighted by Crippen LogP contribution is 2.29. The molecule has 3 rings (SSSR count). The van der Waals surface area contributed by atoms with Crippen LogP contribution >= 0.6 is 0 Å². The van der Waals surface area contributed by atoms with Crippen LogP contribution in [0.2, 0.25) is 0 Å². The number of carbonyl (C=O) groups excluding carboxylic acids is 1. The average molecular weight is 345 g/mol. The molecule has 0 bridgehead atoms. The number of carboxylic acids is 1. The quantitative estimate of drug-likeness (QED) is 0.891. The van der Waals surface area contributed by atoms with Crippen LogP contribution in [0.5, 0.6) is 0 Å². The second-order valence-corrected chi connectivity index (χ2v) is 6.33. The monoisotopic (exact) mass is 345 g/mol. The Kier molecular flexibility index (Phi) is 4.53. The summed E-state index contributed by atoms with van der Waals surface area (Å²) in [6, 6.07) is 8.03. The fourth-order valence-electron chi connectivity index (χ4n) is 3.01. The molecule has 0 spiro atoms. The van der Waals surface area contributed by atoms with Gasteiger partial charge < -0.3 is 10.4 Å². The molecular weight excluding hydrogens is 328 g/mol. The molecule has 2 aromatic rings. The van der Waals surface area contributed by atoms with E-state index in [9.17, 15) is 18.4 Å². The summed E-state index contributed by atoms with van der Waals surface area (Å²) in [7, 11) is 0. The molecule has 2 aromatic carbocycles. The van der Waals surface area contributed by atoms with Crippen LogP contribution < -0.4 is 5.32 Å². The summed E-state index contributed by atoms with van der Waals surface area (Å²) in [4.78, 5) is 22.9. The normalized spacial score (nSPS) is 19.2. The first-order valence-corrected chi connectivity index (χ1v) is 7.95. The van der Waals surface area contributed by atoms with E-state index in [4.69, 9.17) is 5.11 Å². The van der Waals surface area contributed by atoms with E-state index < -0.39 is 29.4 Å². The zero-order valence-corrected chi connectivity index (χ0v) is 13.6. The molecule has 0 atom stereocenters.